The van der Waals surface area contributed by atoms with E-state index in [0.29, 0.717) is 35.7 Å². The van der Waals surface area contributed by atoms with Crippen LogP contribution < -0.4 is 15.0 Å². The number of alkyl halides is 3. The fourth-order valence-electron chi connectivity index (χ4n) is 4.04. The number of anilines is 1. The lowest BCUT2D eigenvalue weighted by Crippen LogP contribution is -2.58. The first-order valence-electron chi connectivity index (χ1n) is 9.17. The van der Waals surface area contributed by atoms with Crippen molar-refractivity contribution >= 4 is 40.1 Å². The van der Waals surface area contributed by atoms with Gasteiger partial charge in [-0.3, -0.25) is 0 Å². The zero-order valence-corrected chi connectivity index (χ0v) is 16.6. The summed E-state index contributed by atoms with van der Waals surface area (Å²) in [7, 11) is 0. The molecule has 0 amide bonds. The Labute approximate surface area is 172 Å². The highest BCUT2D eigenvalue weighted by Gasteiger charge is 2.36. The third kappa shape index (κ3) is 3.64. The second-order valence-corrected chi connectivity index (χ2v) is 8.49. The number of ether oxygens (including phenoxy) is 1. The summed E-state index contributed by atoms with van der Waals surface area (Å²) in [6, 6.07) is 2.27. The number of rotatable bonds is 3. The van der Waals surface area contributed by atoms with Crippen LogP contribution in [0.15, 0.2) is 22.1 Å². The van der Waals surface area contributed by atoms with E-state index in [-0.39, 0.29) is 22.1 Å². The van der Waals surface area contributed by atoms with Crippen LogP contribution in [0.5, 0.6) is 5.75 Å². The van der Waals surface area contributed by atoms with E-state index in [1.54, 1.807) is 11.6 Å². The van der Waals surface area contributed by atoms with Crippen LogP contribution in [-0.4, -0.2) is 41.5 Å². The van der Waals surface area contributed by atoms with Gasteiger partial charge in [0.15, 0.2) is 16.8 Å². The molecule has 6 nitrogen and oxygen atoms in total. The quantitative estimate of drug-likeness (QED) is 0.624. The summed E-state index contributed by atoms with van der Waals surface area (Å²) in [6.07, 6.45) is -0.0338. The molecule has 2 unspecified atom stereocenters. The first-order chi connectivity index (χ1) is 13.9. The molecule has 2 aromatic heterocycles. The number of benzene rings is 1. The summed E-state index contributed by atoms with van der Waals surface area (Å²) in [5, 5.41) is 5.71. The third-order valence-corrected chi connectivity index (χ3v) is 6.26. The minimum atomic E-state index is -4.90. The van der Waals surface area contributed by atoms with Gasteiger partial charge in [-0.15, -0.1) is 24.5 Å². The first-order valence-corrected chi connectivity index (χ1v) is 10.4. The zero-order valence-electron chi connectivity index (χ0n) is 15.0. The maximum Gasteiger partial charge on any atom is 0.573 e. The number of piperidine rings is 1. The van der Waals surface area contributed by atoms with Crippen LogP contribution in [-0.2, 0) is 0 Å². The second-order valence-electron chi connectivity index (χ2n) is 7.19. The van der Waals surface area contributed by atoms with E-state index < -0.39 is 12.1 Å². The molecular formula is C18H16ClF3N4O2S. The van der Waals surface area contributed by atoms with Crippen LogP contribution in [0.1, 0.15) is 19.3 Å². The molecule has 11 heteroatoms. The van der Waals surface area contributed by atoms with Gasteiger partial charge < -0.3 is 19.4 Å². The van der Waals surface area contributed by atoms with E-state index in [2.05, 4.69) is 20.0 Å². The maximum absolute atomic E-state index is 13.0. The summed E-state index contributed by atoms with van der Waals surface area (Å²) < 4.78 is 49.1. The Hall–Kier alpha value is -2.04. The molecule has 0 radical (unpaired) electrons. The molecule has 2 atom stereocenters. The Kier molecular flexibility index (Phi) is 4.60. The molecule has 0 spiro atoms. The predicted octanol–water partition coefficient (Wildman–Crippen LogP) is 4.83. The van der Waals surface area contributed by atoms with E-state index in [4.69, 9.17) is 16.0 Å². The number of aromatic nitrogens is 2. The van der Waals surface area contributed by atoms with Crippen LogP contribution in [0.2, 0.25) is 5.02 Å². The Morgan fingerprint density at radius 3 is 2.69 bits per heavy atom. The van der Waals surface area contributed by atoms with Crippen LogP contribution in [0.25, 0.3) is 21.7 Å². The van der Waals surface area contributed by atoms with Crippen molar-refractivity contribution < 1.29 is 22.3 Å². The molecule has 1 N–H and O–H groups in total. The number of oxazole rings is 1. The van der Waals surface area contributed by atoms with E-state index in [0.717, 1.165) is 19.3 Å². The van der Waals surface area contributed by atoms with Gasteiger partial charge in [-0.1, -0.05) is 18.0 Å². The molecule has 1 aromatic carbocycles. The molecule has 29 heavy (non-hydrogen) atoms. The number of hydrogen-bond donors (Lipinski definition) is 1. The van der Waals surface area contributed by atoms with Gasteiger partial charge >= 0.3 is 6.36 Å². The predicted molar refractivity (Wildman–Crippen MR) is 104 cm³/mol. The number of fused-ring (bicyclic) bond motifs is 3. The summed E-state index contributed by atoms with van der Waals surface area (Å²) >= 11 is 7.48. The van der Waals surface area contributed by atoms with Crippen molar-refractivity contribution in [2.45, 2.75) is 37.7 Å². The molecule has 5 rings (SSSR count). The lowest BCUT2D eigenvalue weighted by Gasteiger charge is -2.41. The number of nitrogens with zero attached hydrogens (tertiary/aromatic N) is 3. The van der Waals surface area contributed by atoms with Gasteiger partial charge in [0.2, 0.25) is 0 Å². The monoisotopic (exact) mass is 444 g/mol. The summed E-state index contributed by atoms with van der Waals surface area (Å²) in [4.78, 5) is 10.6. The molecule has 4 heterocycles. The van der Waals surface area contributed by atoms with Crippen LogP contribution in [0.3, 0.4) is 0 Å². The molecule has 2 aliphatic heterocycles. The highest BCUT2D eigenvalue weighted by molar-refractivity contribution is 7.13. The lowest BCUT2D eigenvalue weighted by atomic mass is 9.94. The van der Waals surface area contributed by atoms with E-state index in [1.807, 2.05) is 4.90 Å². The number of halogens is 4. The number of nitrogens with one attached hydrogen (secondary N) is 1. The van der Waals surface area contributed by atoms with Crippen molar-refractivity contribution in [3.8, 4) is 16.3 Å². The number of hydrogen-bond acceptors (Lipinski definition) is 7. The van der Waals surface area contributed by atoms with Crippen LogP contribution in [0.4, 0.5) is 19.2 Å². The van der Waals surface area contributed by atoms with Crippen molar-refractivity contribution in [3.63, 3.8) is 0 Å². The van der Waals surface area contributed by atoms with Gasteiger partial charge in [0.25, 0.3) is 6.01 Å². The van der Waals surface area contributed by atoms with Gasteiger partial charge in [-0.25, -0.2) is 4.98 Å². The Morgan fingerprint density at radius 2 is 2.03 bits per heavy atom. The summed E-state index contributed by atoms with van der Waals surface area (Å²) in [5.74, 6) is -0.556. The van der Waals surface area contributed by atoms with E-state index in [1.165, 1.54) is 17.4 Å². The van der Waals surface area contributed by atoms with Crippen molar-refractivity contribution in [3.05, 3.63) is 22.7 Å². The molecule has 0 saturated carbocycles. The van der Waals surface area contributed by atoms with Crippen LogP contribution in [0, 0.1) is 0 Å². The molecule has 2 fully saturated rings. The van der Waals surface area contributed by atoms with Crippen LogP contribution >= 0.6 is 22.9 Å². The molecule has 3 aromatic rings. The minimum Gasteiger partial charge on any atom is -0.422 e. The average Bonchev–Trinajstić information content (AvgIpc) is 3.33. The first kappa shape index (κ1) is 19.0. The Balaban J connectivity index is 1.63. The minimum absolute atomic E-state index is 0.0567. The average molecular weight is 445 g/mol. The fraction of sp³-hybridized carbons (Fsp3) is 0.444. The number of thiazole rings is 1. The van der Waals surface area contributed by atoms with Crippen molar-refractivity contribution in [1.29, 1.82) is 0 Å². The van der Waals surface area contributed by atoms with Crippen molar-refractivity contribution in [1.82, 2.24) is 15.3 Å². The molecule has 154 valence electrons. The largest absolute Gasteiger partial charge is 0.573 e. The Morgan fingerprint density at radius 1 is 1.28 bits per heavy atom. The van der Waals surface area contributed by atoms with Crippen molar-refractivity contribution in [2.75, 3.05) is 18.0 Å². The van der Waals surface area contributed by atoms with E-state index in [9.17, 15) is 13.2 Å². The van der Waals surface area contributed by atoms with Gasteiger partial charge in [0, 0.05) is 36.8 Å². The maximum atomic E-state index is 13.0. The summed E-state index contributed by atoms with van der Waals surface area (Å²) in [5.41, 5.74) is 0.615. The third-order valence-electron chi connectivity index (χ3n) is 5.17. The van der Waals surface area contributed by atoms with Gasteiger partial charge in [0.1, 0.15) is 5.01 Å². The van der Waals surface area contributed by atoms with Gasteiger partial charge in [-0.2, -0.15) is 4.98 Å². The fourth-order valence-corrected chi connectivity index (χ4v) is 4.93. The lowest BCUT2D eigenvalue weighted by molar-refractivity contribution is -0.274. The topological polar surface area (TPSA) is 63.4 Å². The second kappa shape index (κ2) is 7.03. The highest BCUT2D eigenvalue weighted by atomic mass is 35.5. The molecule has 2 saturated heterocycles. The highest BCUT2D eigenvalue weighted by Crippen LogP contribution is 2.44. The smallest absolute Gasteiger partial charge is 0.422 e. The normalized spacial score (nSPS) is 22.3. The molecule has 2 bridgehead atoms. The summed E-state index contributed by atoms with van der Waals surface area (Å²) in [6.45, 7) is 1.36. The van der Waals surface area contributed by atoms with E-state index >= 15 is 0 Å². The van der Waals surface area contributed by atoms with Gasteiger partial charge in [-0.05, 0) is 18.9 Å². The molecule has 2 aliphatic rings. The molecule has 0 aliphatic carbocycles. The SMILES string of the molecule is FC(F)(F)Oc1c(Cl)cc(-c2nccs2)c2oc(N3CC4CCCC(C3)N4)nc12. The zero-order chi connectivity index (χ0) is 20.2. The number of piperazine rings is 1. The molecular weight excluding hydrogens is 429 g/mol. The van der Waals surface area contributed by atoms with Gasteiger partial charge in [0.05, 0.1) is 10.6 Å². The Bertz CT molecular complexity index is 1030. The van der Waals surface area contributed by atoms with Crippen molar-refractivity contribution in [2.24, 2.45) is 0 Å². The standard InChI is InChI=1S/C18H16ClF3N4O2S/c19-12-6-11(16-23-4-5-29-16)14-13(15(12)28-18(20,21)22)25-17(27-14)26-7-9-2-1-3-10(8-26)24-9/h4-6,9-10,24H,1-3,7-8H2.